The molecule has 1 atom stereocenters. The van der Waals surface area contributed by atoms with Gasteiger partial charge < -0.3 is 10.1 Å². The van der Waals surface area contributed by atoms with Gasteiger partial charge in [0.05, 0.1) is 19.3 Å². The normalized spacial score (nSPS) is 12.2. The number of esters is 1. The minimum Gasteiger partial charge on any atom is -0.467 e. The maximum absolute atomic E-state index is 12.0. The van der Waals surface area contributed by atoms with Gasteiger partial charge in [-0.25, -0.2) is 4.79 Å². The maximum Gasteiger partial charge on any atom is 0.328 e. The van der Waals surface area contributed by atoms with Crippen molar-refractivity contribution >= 4 is 18.0 Å². The van der Waals surface area contributed by atoms with Crippen LogP contribution in [0, 0.1) is 20.8 Å². The number of nitrogens with zero attached hydrogens (tertiary/aromatic N) is 2. The van der Waals surface area contributed by atoms with Crippen LogP contribution >= 0.6 is 0 Å². The SMILES string of the molecule is COC(=O)[C@H](C)NC(=O)/C=C/c1c(C)nn(Cc2ccc(C)cc2)c1C. The topological polar surface area (TPSA) is 73.2 Å². The van der Waals surface area contributed by atoms with Gasteiger partial charge >= 0.3 is 5.97 Å². The van der Waals surface area contributed by atoms with Gasteiger partial charge in [-0.15, -0.1) is 0 Å². The number of carbonyl (C=O) groups is 2. The number of aryl methyl sites for hydroxylation is 2. The fourth-order valence-corrected chi connectivity index (χ4v) is 2.63. The van der Waals surface area contributed by atoms with E-state index in [9.17, 15) is 9.59 Å². The summed E-state index contributed by atoms with van der Waals surface area (Å²) in [6, 6.07) is 7.64. The van der Waals surface area contributed by atoms with Crippen molar-refractivity contribution in [1.29, 1.82) is 0 Å². The number of hydrogen-bond acceptors (Lipinski definition) is 4. The Bertz CT molecular complexity index is 820. The second-order valence-corrected chi connectivity index (χ2v) is 6.31. The molecule has 1 amide bonds. The molecule has 0 unspecified atom stereocenters. The van der Waals surface area contributed by atoms with Crippen molar-refractivity contribution in [2.45, 2.75) is 40.3 Å². The molecule has 2 rings (SSSR count). The van der Waals surface area contributed by atoms with Crippen LogP contribution in [0.15, 0.2) is 30.3 Å². The second kappa shape index (κ2) is 8.47. The Labute approximate surface area is 153 Å². The first kappa shape index (κ1) is 19.4. The second-order valence-electron chi connectivity index (χ2n) is 6.31. The summed E-state index contributed by atoms with van der Waals surface area (Å²) >= 11 is 0. The average Bonchev–Trinajstić information content (AvgIpc) is 2.87. The Morgan fingerprint density at radius 2 is 1.88 bits per heavy atom. The summed E-state index contributed by atoms with van der Waals surface area (Å²) in [6.07, 6.45) is 3.13. The monoisotopic (exact) mass is 355 g/mol. The third-order valence-corrected chi connectivity index (χ3v) is 4.21. The van der Waals surface area contributed by atoms with E-state index in [1.807, 2.05) is 18.5 Å². The van der Waals surface area contributed by atoms with Gasteiger partial charge in [-0.2, -0.15) is 5.10 Å². The molecule has 0 saturated carbocycles. The molecule has 0 fully saturated rings. The quantitative estimate of drug-likeness (QED) is 0.638. The highest BCUT2D eigenvalue weighted by atomic mass is 16.5. The third-order valence-electron chi connectivity index (χ3n) is 4.21. The van der Waals surface area contributed by atoms with Crippen LogP contribution in [-0.2, 0) is 20.9 Å². The summed E-state index contributed by atoms with van der Waals surface area (Å²) in [4.78, 5) is 23.3. The molecular weight excluding hydrogens is 330 g/mol. The summed E-state index contributed by atoms with van der Waals surface area (Å²) in [6.45, 7) is 8.19. The molecule has 1 N–H and O–H groups in total. The van der Waals surface area contributed by atoms with Gasteiger partial charge in [-0.05, 0) is 39.3 Å². The van der Waals surface area contributed by atoms with E-state index in [2.05, 4.69) is 46.3 Å². The molecule has 138 valence electrons. The van der Waals surface area contributed by atoms with Gasteiger partial charge in [0.25, 0.3) is 0 Å². The van der Waals surface area contributed by atoms with E-state index in [0.717, 1.165) is 17.0 Å². The Hall–Kier alpha value is -2.89. The molecule has 0 spiro atoms. The van der Waals surface area contributed by atoms with Crippen LogP contribution in [-0.4, -0.2) is 34.8 Å². The highest BCUT2D eigenvalue weighted by molar-refractivity contribution is 5.94. The average molecular weight is 355 g/mol. The van der Waals surface area contributed by atoms with Crippen molar-refractivity contribution in [1.82, 2.24) is 15.1 Å². The zero-order chi connectivity index (χ0) is 19.3. The van der Waals surface area contributed by atoms with E-state index in [0.29, 0.717) is 6.54 Å². The van der Waals surface area contributed by atoms with Crippen LogP contribution in [0.4, 0.5) is 0 Å². The zero-order valence-electron chi connectivity index (χ0n) is 15.9. The standard InChI is InChI=1S/C20H25N3O3/c1-13-6-8-17(9-7-13)12-23-16(4)18(14(2)22-23)10-11-19(24)21-15(3)20(25)26-5/h6-11,15H,12H2,1-5H3,(H,21,24)/b11-10+/t15-/m0/s1. The Morgan fingerprint density at radius 1 is 1.23 bits per heavy atom. The largest absolute Gasteiger partial charge is 0.467 e. The van der Waals surface area contributed by atoms with E-state index >= 15 is 0 Å². The van der Waals surface area contributed by atoms with Gasteiger partial charge in [0.2, 0.25) is 5.91 Å². The molecule has 6 nitrogen and oxygen atoms in total. The number of nitrogens with one attached hydrogen (secondary N) is 1. The Balaban J connectivity index is 2.10. The van der Waals surface area contributed by atoms with Crippen molar-refractivity contribution in [3.05, 3.63) is 58.4 Å². The fraction of sp³-hybridized carbons (Fsp3) is 0.350. The molecule has 0 aliphatic heterocycles. The molecular formula is C20H25N3O3. The molecule has 2 aromatic rings. The Kier molecular flexibility index (Phi) is 6.33. The van der Waals surface area contributed by atoms with Crippen molar-refractivity contribution < 1.29 is 14.3 Å². The fourth-order valence-electron chi connectivity index (χ4n) is 2.63. The molecule has 0 radical (unpaired) electrons. The van der Waals surface area contributed by atoms with Gasteiger partial charge in [0.1, 0.15) is 6.04 Å². The number of amides is 1. The van der Waals surface area contributed by atoms with Crippen LogP contribution in [0.2, 0.25) is 0 Å². The van der Waals surface area contributed by atoms with Gasteiger partial charge in [0.15, 0.2) is 0 Å². The summed E-state index contributed by atoms with van der Waals surface area (Å²) in [5, 5.41) is 7.13. The van der Waals surface area contributed by atoms with Crippen molar-refractivity contribution in [2.24, 2.45) is 0 Å². The molecule has 6 heteroatoms. The van der Waals surface area contributed by atoms with E-state index < -0.39 is 12.0 Å². The zero-order valence-corrected chi connectivity index (χ0v) is 15.9. The van der Waals surface area contributed by atoms with Crippen molar-refractivity contribution in [2.75, 3.05) is 7.11 Å². The van der Waals surface area contributed by atoms with Crippen LogP contribution < -0.4 is 5.32 Å². The molecule has 1 aromatic carbocycles. The smallest absolute Gasteiger partial charge is 0.328 e. The summed E-state index contributed by atoms with van der Waals surface area (Å²) in [5.74, 6) is -0.835. The minimum absolute atomic E-state index is 0.354. The van der Waals surface area contributed by atoms with Gasteiger partial charge in [-0.3, -0.25) is 9.48 Å². The number of methoxy groups -OCH3 is 1. The first-order chi connectivity index (χ1) is 12.3. The predicted molar refractivity (Wildman–Crippen MR) is 101 cm³/mol. The summed E-state index contributed by atoms with van der Waals surface area (Å²) < 4.78 is 6.52. The number of rotatable bonds is 6. The summed E-state index contributed by atoms with van der Waals surface area (Å²) in [7, 11) is 1.29. The van der Waals surface area contributed by atoms with Gasteiger partial charge in [0, 0.05) is 17.3 Å². The lowest BCUT2D eigenvalue weighted by Crippen LogP contribution is -2.38. The molecule has 1 heterocycles. The lowest BCUT2D eigenvalue weighted by Gasteiger charge is -2.09. The van der Waals surface area contributed by atoms with Crippen LogP contribution in [0.3, 0.4) is 0 Å². The third kappa shape index (κ3) is 4.81. The number of hydrogen-bond donors (Lipinski definition) is 1. The van der Waals surface area contributed by atoms with Crippen LogP contribution in [0.1, 0.15) is 35.0 Å². The molecule has 0 aliphatic rings. The number of benzene rings is 1. The number of ether oxygens (including phenoxy) is 1. The maximum atomic E-state index is 12.0. The number of carbonyl (C=O) groups excluding carboxylic acids is 2. The van der Waals surface area contributed by atoms with E-state index in [-0.39, 0.29) is 5.91 Å². The summed E-state index contributed by atoms with van der Waals surface area (Å²) in [5.41, 5.74) is 5.12. The molecule has 26 heavy (non-hydrogen) atoms. The lowest BCUT2D eigenvalue weighted by atomic mass is 10.1. The predicted octanol–water partition coefficient (Wildman–Crippen LogP) is 2.55. The highest BCUT2D eigenvalue weighted by Crippen LogP contribution is 2.16. The Morgan fingerprint density at radius 3 is 2.50 bits per heavy atom. The van der Waals surface area contributed by atoms with Crippen LogP contribution in [0.25, 0.3) is 6.08 Å². The highest BCUT2D eigenvalue weighted by Gasteiger charge is 2.15. The molecule has 0 bridgehead atoms. The molecule has 0 aliphatic carbocycles. The van der Waals surface area contributed by atoms with Crippen molar-refractivity contribution in [3.8, 4) is 0 Å². The first-order valence-electron chi connectivity index (χ1n) is 8.47. The molecule has 1 aromatic heterocycles. The molecule has 0 saturated heterocycles. The van der Waals surface area contributed by atoms with Crippen LogP contribution in [0.5, 0.6) is 0 Å². The number of aromatic nitrogens is 2. The van der Waals surface area contributed by atoms with Gasteiger partial charge in [-0.1, -0.05) is 29.8 Å². The minimum atomic E-state index is -0.691. The van der Waals surface area contributed by atoms with Crippen molar-refractivity contribution in [3.63, 3.8) is 0 Å². The van der Waals surface area contributed by atoms with E-state index in [1.165, 1.54) is 24.3 Å². The van der Waals surface area contributed by atoms with E-state index in [1.54, 1.807) is 13.0 Å². The lowest BCUT2D eigenvalue weighted by molar-refractivity contribution is -0.144. The van der Waals surface area contributed by atoms with E-state index in [4.69, 9.17) is 0 Å². The first-order valence-corrected chi connectivity index (χ1v) is 8.47.